The number of benzene rings is 2. The van der Waals surface area contributed by atoms with Crippen molar-refractivity contribution in [3.63, 3.8) is 0 Å². The fourth-order valence-electron chi connectivity index (χ4n) is 9.12. The van der Waals surface area contributed by atoms with E-state index >= 15 is 0 Å². The molecule has 6 rings (SSSR count). The molecule has 0 radical (unpaired) electrons. The lowest BCUT2D eigenvalue weighted by atomic mass is 10.0. The first-order valence-electron chi connectivity index (χ1n) is 25.8. The Morgan fingerprint density at radius 3 is 1.94 bits per heavy atom. The summed E-state index contributed by atoms with van der Waals surface area (Å²) in [6.45, 7) is 6.90. The summed E-state index contributed by atoms with van der Waals surface area (Å²) in [5.74, 6) is -5.06. The van der Waals surface area contributed by atoms with E-state index < -0.39 is 94.5 Å². The molecule has 1 fully saturated rings. The highest BCUT2D eigenvalue weighted by Gasteiger charge is 2.37. The molecule has 77 heavy (non-hydrogen) atoms. The van der Waals surface area contributed by atoms with E-state index in [1.54, 1.807) is 24.9 Å². The molecule has 8 amide bonds. The van der Waals surface area contributed by atoms with Crippen LogP contribution in [0.2, 0.25) is 0 Å². The van der Waals surface area contributed by atoms with Gasteiger partial charge >= 0.3 is 0 Å². The average molecular weight is 1080 g/mol. The van der Waals surface area contributed by atoms with E-state index in [1.165, 1.54) is 45.2 Å². The number of aromatic amines is 3. The lowest BCUT2D eigenvalue weighted by Gasteiger charge is -2.31. The van der Waals surface area contributed by atoms with Crippen molar-refractivity contribution in [2.45, 2.75) is 127 Å². The summed E-state index contributed by atoms with van der Waals surface area (Å²) in [7, 11) is -1.13. The normalized spacial score (nSPS) is 16.5. The van der Waals surface area contributed by atoms with Crippen molar-refractivity contribution < 1.29 is 42.6 Å². The number of primary amides is 1. The lowest BCUT2D eigenvalue weighted by molar-refractivity contribution is -0.138. The standard InChI is InChI=1S/C53H72N14O9S/c1-31(2)46(52(74)62-32(3)48(70)65-44(24-37-27-56-30-60-37)53(75)67-20-11-14-38(67)28-58-41(47(54)69)19-21-77(5)76)66-49(71)33(4)61-50(72)42(22-35-25-57-40-16-10-9-15-39(35)40)64-51(73)43(23-36-26-55-29-59-36)63-45(68)18-17-34-12-7-6-8-13-34/h6-10,12-13,15-16,25-27,29-33,38,41-44,46,57-58H,11,14,17-24,28H2,1-5H3,(H2,54,69)(H,55,59)(H,56,60)(H,61,72)(H,62,74)(H,63,68)(H,64,73)(H,65,70)(H,66,71)/t32-,33+,38+,41+,42+,43+,44+,46+,77?/m1/s1. The molecular formula is C53H72N14O9S. The van der Waals surface area contributed by atoms with Gasteiger partial charge in [-0.3, -0.25) is 42.6 Å². The summed E-state index contributed by atoms with van der Waals surface area (Å²) >= 11 is 0. The summed E-state index contributed by atoms with van der Waals surface area (Å²) in [5.41, 5.74) is 9.20. The van der Waals surface area contributed by atoms with Crippen LogP contribution in [0.3, 0.4) is 0 Å². The highest BCUT2D eigenvalue weighted by Crippen LogP contribution is 2.21. The molecule has 0 aliphatic carbocycles. The van der Waals surface area contributed by atoms with Crippen molar-refractivity contribution in [2.75, 3.05) is 25.1 Å². The first-order valence-corrected chi connectivity index (χ1v) is 27.6. The maximum Gasteiger partial charge on any atom is 0.245 e. The number of nitrogens with zero attached hydrogens (tertiary/aromatic N) is 3. The Hall–Kier alpha value is -7.73. The zero-order chi connectivity index (χ0) is 55.6. The number of likely N-dealkylation sites (tertiary alicyclic amines) is 1. The van der Waals surface area contributed by atoms with Gasteiger partial charge in [-0.15, -0.1) is 0 Å². The van der Waals surface area contributed by atoms with E-state index in [4.69, 9.17) is 5.73 Å². The van der Waals surface area contributed by atoms with Gasteiger partial charge < -0.3 is 62.8 Å². The molecule has 3 aromatic heterocycles. The zero-order valence-electron chi connectivity index (χ0n) is 44.1. The number of H-pyrrole nitrogens is 3. The summed E-state index contributed by atoms with van der Waals surface area (Å²) in [6, 6.07) is 8.76. The fraction of sp³-hybridized carbons (Fsp3) is 0.472. The minimum absolute atomic E-state index is 0.00277. The smallest absolute Gasteiger partial charge is 0.245 e. The van der Waals surface area contributed by atoms with Gasteiger partial charge in [0.2, 0.25) is 47.3 Å². The van der Waals surface area contributed by atoms with Gasteiger partial charge in [0.1, 0.15) is 36.3 Å². The van der Waals surface area contributed by atoms with Crippen LogP contribution in [0.1, 0.15) is 75.9 Å². The van der Waals surface area contributed by atoms with Gasteiger partial charge in [-0.2, -0.15) is 0 Å². The van der Waals surface area contributed by atoms with E-state index in [-0.39, 0.29) is 62.3 Å². The number of amides is 8. The number of carbonyl (C=O) groups excluding carboxylic acids is 8. The summed E-state index contributed by atoms with van der Waals surface area (Å²) in [6.07, 6.45) is 11.4. The molecule has 414 valence electrons. The van der Waals surface area contributed by atoms with Crippen molar-refractivity contribution in [3.05, 3.63) is 108 Å². The second-order valence-electron chi connectivity index (χ2n) is 19.8. The SMILES string of the molecule is CC(C)[C@H](NC(=O)[C@H](C)NC(=O)[C@H](Cc1c[nH]c2ccccc12)NC(=O)[C@H](Cc1cnc[nH]1)NC(=O)CCc1ccccc1)C(=O)N[C@H](C)C(=O)N[C@@H](Cc1cnc[nH]1)C(=O)N1CCC[C@H]1CN[C@@H](CCS(C)=O)C(N)=O. The predicted octanol–water partition coefficient (Wildman–Crippen LogP) is 0.0825. The van der Waals surface area contributed by atoms with E-state index in [0.29, 0.717) is 42.8 Å². The Morgan fingerprint density at radius 2 is 1.30 bits per heavy atom. The second-order valence-corrected chi connectivity index (χ2v) is 21.4. The number of aryl methyl sites for hydroxylation is 1. The third-order valence-corrected chi connectivity index (χ3v) is 14.3. The van der Waals surface area contributed by atoms with Crippen molar-refractivity contribution in [3.8, 4) is 0 Å². The van der Waals surface area contributed by atoms with Crippen LogP contribution in [0, 0.1) is 5.92 Å². The van der Waals surface area contributed by atoms with Gasteiger partial charge in [-0.1, -0.05) is 62.4 Å². The number of rotatable bonds is 29. The quantitative estimate of drug-likeness (QED) is 0.0304. The van der Waals surface area contributed by atoms with E-state index in [1.807, 2.05) is 54.6 Å². The van der Waals surface area contributed by atoms with Gasteiger partial charge in [0.05, 0.1) is 18.7 Å². The van der Waals surface area contributed by atoms with Gasteiger partial charge in [-0.05, 0) is 62.6 Å². The number of hydrogen-bond acceptors (Lipinski definition) is 12. The molecule has 9 atom stereocenters. The van der Waals surface area contributed by atoms with Gasteiger partial charge in [-0.25, -0.2) is 9.97 Å². The van der Waals surface area contributed by atoms with Gasteiger partial charge in [0, 0.05) is 109 Å². The third kappa shape index (κ3) is 17.4. The van der Waals surface area contributed by atoms with Crippen LogP contribution < -0.4 is 43.0 Å². The molecule has 1 aliphatic rings. The molecule has 1 unspecified atom stereocenters. The average Bonchev–Trinajstić information content (AvgIpc) is 4.27. The predicted molar refractivity (Wildman–Crippen MR) is 288 cm³/mol. The highest BCUT2D eigenvalue weighted by molar-refractivity contribution is 7.84. The molecule has 1 aliphatic heterocycles. The van der Waals surface area contributed by atoms with Gasteiger partial charge in [0.25, 0.3) is 0 Å². The minimum atomic E-state index is -1.25. The lowest BCUT2D eigenvalue weighted by Crippen LogP contribution is -2.60. The summed E-state index contributed by atoms with van der Waals surface area (Å²) < 4.78 is 11.7. The maximum absolute atomic E-state index is 14.3. The van der Waals surface area contributed by atoms with Crippen LogP contribution in [0.5, 0.6) is 0 Å². The van der Waals surface area contributed by atoms with Gasteiger partial charge in [0.15, 0.2) is 0 Å². The summed E-state index contributed by atoms with van der Waals surface area (Å²) in [4.78, 5) is 129. The molecular weight excluding hydrogens is 1010 g/mol. The van der Waals surface area contributed by atoms with Crippen molar-refractivity contribution in [1.29, 1.82) is 0 Å². The Morgan fingerprint density at radius 1 is 0.701 bits per heavy atom. The van der Waals surface area contributed by atoms with E-state index in [0.717, 1.165) is 16.5 Å². The van der Waals surface area contributed by atoms with Crippen LogP contribution in [-0.2, 0) is 74.8 Å². The number of hydrogen-bond donors (Lipinski definition) is 11. The van der Waals surface area contributed by atoms with Crippen LogP contribution in [0.4, 0.5) is 0 Å². The molecule has 12 N–H and O–H groups in total. The minimum Gasteiger partial charge on any atom is -0.368 e. The first kappa shape index (κ1) is 58.5. The zero-order valence-corrected chi connectivity index (χ0v) is 44.9. The molecule has 0 spiro atoms. The van der Waals surface area contributed by atoms with Crippen LogP contribution in [0.25, 0.3) is 10.9 Å². The number of para-hydroxylation sites is 1. The molecule has 23 nitrogen and oxygen atoms in total. The Bertz CT molecular complexity index is 2810. The molecule has 2 aromatic carbocycles. The van der Waals surface area contributed by atoms with Crippen molar-refractivity contribution in [1.82, 2.24) is 67.0 Å². The molecule has 0 saturated carbocycles. The van der Waals surface area contributed by atoms with Crippen LogP contribution in [0.15, 0.2) is 85.8 Å². The number of fused-ring (bicyclic) bond motifs is 1. The molecule has 24 heteroatoms. The Balaban J connectivity index is 1.10. The number of carbonyl (C=O) groups is 8. The Kier molecular flexibility index (Phi) is 21.6. The topological polar surface area (TPSA) is 340 Å². The van der Waals surface area contributed by atoms with E-state index in [2.05, 4.69) is 62.1 Å². The highest BCUT2D eigenvalue weighted by atomic mass is 32.2. The van der Waals surface area contributed by atoms with Crippen LogP contribution >= 0.6 is 0 Å². The van der Waals surface area contributed by atoms with Crippen LogP contribution in [-0.4, -0.2) is 155 Å². The second kappa shape index (κ2) is 28.4. The summed E-state index contributed by atoms with van der Waals surface area (Å²) in [5, 5.41) is 20.5. The molecule has 1 saturated heterocycles. The number of nitrogens with two attached hydrogens (primary N) is 1. The first-order chi connectivity index (χ1) is 36.9. The maximum atomic E-state index is 14.3. The Labute approximate surface area is 449 Å². The largest absolute Gasteiger partial charge is 0.368 e. The fourth-order valence-corrected chi connectivity index (χ4v) is 9.68. The number of imidazole rings is 2. The van der Waals surface area contributed by atoms with E-state index in [9.17, 15) is 42.6 Å². The number of nitrogens with one attached hydrogen (secondary N) is 10. The molecule has 5 aromatic rings. The molecule has 4 heterocycles. The number of aromatic nitrogens is 5. The monoisotopic (exact) mass is 1080 g/mol. The van der Waals surface area contributed by atoms with Crippen molar-refractivity contribution in [2.24, 2.45) is 11.7 Å². The third-order valence-electron chi connectivity index (χ3n) is 13.5. The van der Waals surface area contributed by atoms with Crippen molar-refractivity contribution >= 4 is 69.0 Å². The molecule has 0 bridgehead atoms.